The summed E-state index contributed by atoms with van der Waals surface area (Å²) in [7, 11) is 0. The number of hydrogen-bond donors (Lipinski definition) is 0. The van der Waals surface area contributed by atoms with Crippen molar-refractivity contribution >= 4 is 44.3 Å². The number of rotatable bonds is 37. The van der Waals surface area contributed by atoms with Crippen molar-refractivity contribution in [2.45, 2.75) is 209 Å². The van der Waals surface area contributed by atoms with Crippen molar-refractivity contribution in [1.82, 2.24) is 0 Å². The number of unbranched alkanes of at least 4 members (excludes halogenated alkanes) is 20. The molecule has 0 aliphatic heterocycles. The predicted molar refractivity (Wildman–Crippen MR) is 273 cm³/mol. The van der Waals surface area contributed by atoms with Gasteiger partial charge in [0, 0.05) is 19.2 Å². The summed E-state index contributed by atoms with van der Waals surface area (Å²) in [5.41, 5.74) is 0. The van der Waals surface area contributed by atoms with Crippen LogP contribution >= 0.6 is 0 Å². The molecule has 0 aromatic heterocycles. The number of carbonyl (C=O) groups is 2. The lowest BCUT2D eigenvalue weighted by molar-refractivity contribution is -0.134. The monoisotopic (exact) mass is 915 g/mol. The van der Waals surface area contributed by atoms with E-state index in [1.807, 2.05) is 12.1 Å². The standard InChI is InChI=1S/C57H86O9/c1-8-13-18-23-28-33-60-50-38-45-46-39-52(62-35-30-25-20-15-10-3)53(63-36-31-26-21-16-11-4)41-48(46)55-49(47(45)40-51(50)61-34-29-24-19-14-9-2)42-54(64-37-32-27-22-17-12-5)56(65-43(6)58)57(55)66-44(7)59/h38-42H,8-37H2,1-7H3. The normalized spacial score (nSPS) is 11.4. The third kappa shape index (κ3) is 17.7. The van der Waals surface area contributed by atoms with Crippen LogP contribution in [0.15, 0.2) is 30.3 Å². The van der Waals surface area contributed by atoms with Crippen LogP contribution in [0.4, 0.5) is 0 Å². The highest BCUT2D eigenvalue weighted by molar-refractivity contribution is 6.28. The molecule has 0 aliphatic carbocycles. The van der Waals surface area contributed by atoms with Gasteiger partial charge in [0.25, 0.3) is 0 Å². The molecule has 0 bridgehead atoms. The van der Waals surface area contributed by atoms with Crippen LogP contribution < -0.4 is 33.2 Å². The van der Waals surface area contributed by atoms with Gasteiger partial charge in [-0.05, 0) is 89.4 Å². The molecule has 9 heteroatoms. The molecule has 0 atom stereocenters. The molecular weight excluding hydrogens is 829 g/mol. The summed E-state index contributed by atoms with van der Waals surface area (Å²) in [6.45, 7) is 16.5. The second-order valence-electron chi connectivity index (χ2n) is 18.1. The molecule has 0 saturated heterocycles. The van der Waals surface area contributed by atoms with Gasteiger partial charge < -0.3 is 33.2 Å². The second kappa shape index (κ2) is 31.6. The van der Waals surface area contributed by atoms with E-state index in [1.165, 1.54) is 84.5 Å². The van der Waals surface area contributed by atoms with Crippen molar-refractivity contribution in [3.63, 3.8) is 0 Å². The zero-order valence-electron chi connectivity index (χ0n) is 42.3. The Kier molecular flexibility index (Phi) is 25.9. The Labute approximate surface area is 398 Å². The summed E-state index contributed by atoms with van der Waals surface area (Å²) in [6, 6.07) is 10.2. The van der Waals surface area contributed by atoms with Gasteiger partial charge in [0.2, 0.25) is 5.75 Å². The average Bonchev–Trinajstić information content (AvgIpc) is 3.30. The molecule has 0 amide bonds. The van der Waals surface area contributed by atoms with Gasteiger partial charge in [-0.25, -0.2) is 0 Å². The van der Waals surface area contributed by atoms with Crippen LogP contribution in [-0.4, -0.2) is 45.0 Å². The van der Waals surface area contributed by atoms with E-state index in [0.717, 1.165) is 117 Å². The van der Waals surface area contributed by atoms with Gasteiger partial charge in [-0.1, -0.05) is 163 Å². The van der Waals surface area contributed by atoms with Crippen molar-refractivity contribution in [3.05, 3.63) is 30.3 Å². The van der Waals surface area contributed by atoms with Crippen LogP contribution in [0.3, 0.4) is 0 Å². The minimum atomic E-state index is -0.548. The summed E-state index contributed by atoms with van der Waals surface area (Å²) >= 11 is 0. The van der Waals surface area contributed by atoms with Crippen molar-refractivity contribution in [2.24, 2.45) is 0 Å². The fraction of sp³-hybridized carbons (Fsp3) is 0.649. The number of carbonyl (C=O) groups excluding carboxylic acids is 2. The molecule has 66 heavy (non-hydrogen) atoms. The summed E-state index contributed by atoms with van der Waals surface area (Å²) in [5, 5.41) is 4.78. The lowest BCUT2D eigenvalue weighted by Gasteiger charge is -2.22. The first-order valence-electron chi connectivity index (χ1n) is 26.4. The van der Waals surface area contributed by atoms with Crippen LogP contribution in [-0.2, 0) is 9.59 Å². The largest absolute Gasteiger partial charge is 0.490 e. The van der Waals surface area contributed by atoms with E-state index in [2.05, 4.69) is 52.8 Å². The van der Waals surface area contributed by atoms with E-state index in [1.54, 1.807) is 0 Å². The van der Waals surface area contributed by atoms with Gasteiger partial charge >= 0.3 is 11.9 Å². The van der Waals surface area contributed by atoms with Crippen LogP contribution in [0, 0.1) is 0 Å². The SMILES string of the molecule is CCCCCCCOc1cc2c3cc(OCCCCCCC)c(OCCCCCCC)cc3c3c(OC(C)=O)c(OC(C)=O)c(OCCCCCCC)cc3c2cc1OCCCCCCC. The molecule has 0 fully saturated rings. The van der Waals surface area contributed by atoms with E-state index >= 15 is 0 Å². The minimum Gasteiger partial charge on any atom is -0.490 e. The van der Waals surface area contributed by atoms with Crippen LogP contribution in [0.1, 0.15) is 209 Å². The molecule has 0 spiro atoms. The van der Waals surface area contributed by atoms with Crippen molar-refractivity contribution in [3.8, 4) is 40.2 Å². The number of hydrogen-bond acceptors (Lipinski definition) is 9. The molecule has 4 aromatic rings. The molecule has 4 rings (SSSR count). The lowest BCUT2D eigenvalue weighted by atomic mass is 9.92. The van der Waals surface area contributed by atoms with E-state index in [4.69, 9.17) is 33.2 Å². The van der Waals surface area contributed by atoms with Crippen LogP contribution in [0.5, 0.6) is 40.2 Å². The van der Waals surface area contributed by atoms with Gasteiger partial charge in [0.05, 0.1) is 33.0 Å². The minimum absolute atomic E-state index is 0.0804. The summed E-state index contributed by atoms with van der Waals surface area (Å²) in [5.74, 6) is 2.09. The van der Waals surface area contributed by atoms with E-state index in [9.17, 15) is 9.59 Å². The van der Waals surface area contributed by atoms with Crippen molar-refractivity contribution in [2.75, 3.05) is 33.0 Å². The van der Waals surface area contributed by atoms with Gasteiger partial charge in [0.15, 0.2) is 34.5 Å². The summed E-state index contributed by atoms with van der Waals surface area (Å²) in [4.78, 5) is 26.1. The van der Waals surface area contributed by atoms with E-state index in [0.29, 0.717) is 67.2 Å². The van der Waals surface area contributed by atoms with Gasteiger partial charge in [0.1, 0.15) is 0 Å². The highest BCUT2D eigenvalue weighted by atomic mass is 16.6. The first-order valence-corrected chi connectivity index (χ1v) is 26.4. The van der Waals surface area contributed by atoms with E-state index in [-0.39, 0.29) is 11.5 Å². The molecule has 0 heterocycles. The maximum absolute atomic E-state index is 13.2. The average molecular weight is 915 g/mol. The smallest absolute Gasteiger partial charge is 0.308 e. The van der Waals surface area contributed by atoms with Crippen molar-refractivity contribution < 1.29 is 42.7 Å². The van der Waals surface area contributed by atoms with Gasteiger partial charge in [-0.2, -0.15) is 0 Å². The molecule has 0 radical (unpaired) electrons. The van der Waals surface area contributed by atoms with Gasteiger partial charge in [-0.15, -0.1) is 0 Å². The topological polar surface area (TPSA) is 98.8 Å². The number of benzene rings is 4. The summed E-state index contributed by atoms with van der Waals surface area (Å²) < 4.78 is 45.3. The molecule has 9 nitrogen and oxygen atoms in total. The molecule has 4 aromatic carbocycles. The highest BCUT2D eigenvalue weighted by Crippen LogP contribution is 2.52. The lowest BCUT2D eigenvalue weighted by Crippen LogP contribution is -2.10. The number of ether oxygens (including phenoxy) is 7. The Hall–Kier alpha value is -4.40. The first kappa shape index (κ1) is 54.2. The summed E-state index contributed by atoms with van der Waals surface area (Å²) in [6.07, 6.45) is 27.6. The quantitative estimate of drug-likeness (QED) is 0.0189. The third-order valence-corrected chi connectivity index (χ3v) is 12.2. The second-order valence-corrected chi connectivity index (χ2v) is 18.1. The predicted octanol–water partition coefficient (Wildman–Crippen LogP) is 16.7. The Morgan fingerprint density at radius 1 is 0.318 bits per heavy atom. The fourth-order valence-electron chi connectivity index (χ4n) is 8.57. The van der Waals surface area contributed by atoms with Crippen molar-refractivity contribution in [1.29, 1.82) is 0 Å². The zero-order valence-corrected chi connectivity index (χ0v) is 42.3. The zero-order chi connectivity index (χ0) is 47.4. The maximum atomic E-state index is 13.2. The van der Waals surface area contributed by atoms with Crippen LogP contribution in [0.2, 0.25) is 0 Å². The van der Waals surface area contributed by atoms with Gasteiger partial charge in [-0.3, -0.25) is 9.59 Å². The number of fused-ring (bicyclic) bond motifs is 6. The highest BCUT2D eigenvalue weighted by Gasteiger charge is 2.27. The molecular formula is C57H86O9. The van der Waals surface area contributed by atoms with E-state index < -0.39 is 11.9 Å². The molecule has 0 unspecified atom stereocenters. The molecule has 0 aliphatic rings. The molecule has 368 valence electrons. The fourth-order valence-corrected chi connectivity index (χ4v) is 8.57. The molecule has 0 N–H and O–H groups in total. The maximum Gasteiger partial charge on any atom is 0.308 e. The molecule has 0 saturated carbocycles. The Balaban J connectivity index is 2.04. The Morgan fingerprint density at radius 3 is 0.864 bits per heavy atom. The Bertz CT molecular complexity index is 1990. The third-order valence-electron chi connectivity index (χ3n) is 12.2. The first-order chi connectivity index (χ1) is 32.3. The number of esters is 2. The van der Waals surface area contributed by atoms with Crippen LogP contribution in [0.25, 0.3) is 32.3 Å². The Morgan fingerprint density at radius 2 is 0.561 bits per heavy atom.